The average Bonchev–Trinajstić information content (AvgIpc) is 4.25. The molecule has 0 aliphatic carbocycles. The molecule has 2 saturated heterocycles. The molecule has 5 heterocycles. The number of thiophene rings is 2. The molecule has 0 saturated carbocycles. The third-order valence-corrected chi connectivity index (χ3v) is 13.7. The summed E-state index contributed by atoms with van der Waals surface area (Å²) in [4.78, 5) is 59.8. The van der Waals surface area contributed by atoms with Gasteiger partial charge in [0.15, 0.2) is 0 Å². The van der Waals surface area contributed by atoms with Crippen LogP contribution in [0, 0.1) is 5.41 Å². The zero-order chi connectivity index (χ0) is 50.4. The van der Waals surface area contributed by atoms with Crippen molar-refractivity contribution in [2.75, 3.05) is 72.9 Å². The number of hydrogen-bond acceptors (Lipinski definition) is 13. The molecule has 2 atom stereocenters. The second-order valence-electron chi connectivity index (χ2n) is 15.8. The monoisotopic (exact) mass is 1080 g/mol. The summed E-state index contributed by atoms with van der Waals surface area (Å²) in [7, 11) is 1.46. The number of nitrogens with one attached hydrogen (secondary N) is 4. The molecule has 0 bridgehead atoms. The second-order valence-corrected chi connectivity index (χ2v) is 20.1. The summed E-state index contributed by atoms with van der Waals surface area (Å²) in [5.41, 5.74) is 5.16. The highest BCUT2D eigenvalue weighted by Gasteiger charge is 2.34. The van der Waals surface area contributed by atoms with Gasteiger partial charge in [0.1, 0.15) is 18.0 Å². The number of rotatable bonds is 14. The number of hydrogen-bond donors (Lipinski definition) is 4. The number of amides is 4. The Morgan fingerprint density at radius 3 is 1.69 bits per heavy atom. The lowest BCUT2D eigenvalue weighted by atomic mass is 10.1. The number of cyclic esters (lactones) is 2. The van der Waals surface area contributed by atoms with E-state index < -0.39 is 18.3 Å². The molecule has 9 rings (SSSR count). The average molecular weight is 1080 g/mol. The Balaban J connectivity index is 0.000000176. The molecule has 71 heavy (non-hydrogen) atoms. The fourth-order valence-corrected chi connectivity index (χ4v) is 9.60. The van der Waals surface area contributed by atoms with Crippen molar-refractivity contribution < 1.29 is 33.4 Å². The number of halogens is 4. The lowest BCUT2D eigenvalue weighted by Gasteiger charge is -2.22. The van der Waals surface area contributed by atoms with Gasteiger partial charge < -0.3 is 35.1 Å². The minimum atomic E-state index is -0.438. The number of benzene rings is 4. The van der Waals surface area contributed by atoms with E-state index in [2.05, 4.69) is 32.8 Å². The first-order valence-corrected chi connectivity index (χ1v) is 25.4. The number of anilines is 4. The zero-order valence-corrected chi connectivity index (χ0v) is 43.0. The molecule has 2 aromatic heterocycles. The summed E-state index contributed by atoms with van der Waals surface area (Å²) < 4.78 is 16.6. The highest BCUT2D eigenvalue weighted by molar-refractivity contribution is 7.18. The molecule has 0 unspecified atom stereocenters. The summed E-state index contributed by atoms with van der Waals surface area (Å²) in [6.07, 6.45) is -0.622. The van der Waals surface area contributed by atoms with Crippen molar-refractivity contribution in [1.29, 1.82) is 5.41 Å². The molecule has 2 fully saturated rings. The van der Waals surface area contributed by atoms with Crippen molar-refractivity contribution in [3.8, 4) is 0 Å². The Morgan fingerprint density at radius 2 is 1.21 bits per heavy atom. The molecule has 6 aromatic rings. The van der Waals surface area contributed by atoms with Crippen LogP contribution in [0.4, 0.5) is 32.3 Å². The molecule has 4 N–H and O–H groups in total. The highest BCUT2D eigenvalue weighted by Crippen LogP contribution is 2.29. The summed E-state index contributed by atoms with van der Waals surface area (Å²) >= 11 is 26.0. The SMILES string of the molecule is CCCNc1ccc(N2C[C@H](CNC(=O)c3ccc(Cl)s3)OC2=O)cc1.COC(=N)c1cccc(Cl)c1.O=C(NC[C@H]1CN(c2ccc(N3CCN=C3c3cccc(Cl)c3)cc2)C(=O)O1)c1ccc(Cl)s1. The number of amidine groups is 1. The van der Waals surface area contributed by atoms with E-state index in [0.29, 0.717) is 53.7 Å². The number of aliphatic imine (C=N–C) groups is 1. The van der Waals surface area contributed by atoms with Crippen molar-refractivity contribution in [1.82, 2.24) is 10.6 Å². The van der Waals surface area contributed by atoms with Crippen LogP contribution in [0.3, 0.4) is 0 Å². The number of ether oxygens (including phenoxy) is 3. The van der Waals surface area contributed by atoms with Crippen LogP contribution >= 0.6 is 69.1 Å². The van der Waals surface area contributed by atoms with E-state index in [0.717, 1.165) is 53.7 Å². The topological polar surface area (TPSA) is 178 Å². The number of nitrogens with zero attached hydrogens (tertiary/aromatic N) is 4. The molecule has 3 aliphatic rings. The van der Waals surface area contributed by atoms with Gasteiger partial charge in [0.25, 0.3) is 11.8 Å². The van der Waals surface area contributed by atoms with Crippen LogP contribution < -0.4 is 30.7 Å². The van der Waals surface area contributed by atoms with Gasteiger partial charge in [-0.3, -0.25) is 29.8 Å². The molecule has 4 aromatic carbocycles. The Kier molecular flexibility index (Phi) is 18.6. The molecule has 0 spiro atoms. The predicted molar refractivity (Wildman–Crippen MR) is 286 cm³/mol. The van der Waals surface area contributed by atoms with Gasteiger partial charge in [0, 0.05) is 57.0 Å². The van der Waals surface area contributed by atoms with E-state index in [9.17, 15) is 19.2 Å². The Bertz CT molecular complexity index is 2860. The van der Waals surface area contributed by atoms with Crippen molar-refractivity contribution >= 4 is 128 Å². The van der Waals surface area contributed by atoms with Crippen LogP contribution in [-0.2, 0) is 14.2 Å². The van der Waals surface area contributed by atoms with Gasteiger partial charge in [0.2, 0.25) is 5.90 Å². The van der Waals surface area contributed by atoms with E-state index >= 15 is 0 Å². The van der Waals surface area contributed by atoms with Gasteiger partial charge in [-0.25, -0.2) is 9.59 Å². The van der Waals surface area contributed by atoms with Crippen LogP contribution in [0.1, 0.15) is 43.8 Å². The molecule has 21 heteroatoms. The van der Waals surface area contributed by atoms with Crippen molar-refractivity contribution in [3.05, 3.63) is 161 Å². The van der Waals surface area contributed by atoms with E-state index in [4.69, 9.17) is 66.0 Å². The maximum absolute atomic E-state index is 12.4. The Hall–Kier alpha value is -6.34. The van der Waals surface area contributed by atoms with Gasteiger partial charge in [-0.2, -0.15) is 0 Å². The van der Waals surface area contributed by atoms with Crippen molar-refractivity contribution in [2.45, 2.75) is 25.6 Å². The Labute approximate surface area is 438 Å². The molecule has 15 nitrogen and oxygen atoms in total. The number of carbonyl (C=O) groups excluding carboxylic acids is 4. The number of carbonyl (C=O) groups is 4. The molecular weight excluding hydrogens is 1030 g/mol. The lowest BCUT2D eigenvalue weighted by Crippen LogP contribution is -2.34. The molecule has 4 amide bonds. The van der Waals surface area contributed by atoms with Crippen LogP contribution in [0.15, 0.2) is 126 Å². The first-order valence-electron chi connectivity index (χ1n) is 22.2. The van der Waals surface area contributed by atoms with Gasteiger partial charge in [-0.15, -0.1) is 22.7 Å². The Morgan fingerprint density at radius 1 is 0.704 bits per heavy atom. The summed E-state index contributed by atoms with van der Waals surface area (Å²) in [5, 5.41) is 17.4. The molecule has 0 radical (unpaired) electrons. The third-order valence-electron chi connectivity index (χ3n) is 10.8. The van der Waals surface area contributed by atoms with Crippen molar-refractivity contribution in [3.63, 3.8) is 0 Å². The van der Waals surface area contributed by atoms with E-state index in [1.54, 1.807) is 58.3 Å². The minimum absolute atomic E-state index is 0.132. The largest absolute Gasteiger partial charge is 0.481 e. The van der Waals surface area contributed by atoms with Gasteiger partial charge in [-0.05, 0) is 110 Å². The fourth-order valence-electron chi connectivity index (χ4n) is 7.30. The summed E-state index contributed by atoms with van der Waals surface area (Å²) in [6.45, 7) is 5.70. The van der Waals surface area contributed by atoms with Crippen molar-refractivity contribution in [2.24, 2.45) is 4.99 Å². The molecular formula is C50H48Cl4N8O7S2. The normalized spacial score (nSPS) is 15.9. The smallest absolute Gasteiger partial charge is 0.414 e. The molecule has 370 valence electrons. The highest BCUT2D eigenvalue weighted by atomic mass is 35.5. The van der Waals surface area contributed by atoms with Crippen LogP contribution in [0.5, 0.6) is 0 Å². The second kappa shape index (κ2) is 25.2. The quantitative estimate of drug-likeness (QED) is 0.0610. The third kappa shape index (κ3) is 14.4. The van der Waals surface area contributed by atoms with Crippen LogP contribution in [0.2, 0.25) is 18.7 Å². The van der Waals surface area contributed by atoms with Gasteiger partial charge >= 0.3 is 12.2 Å². The fraction of sp³-hybridized carbons (Fsp3) is 0.240. The first-order chi connectivity index (χ1) is 34.3. The van der Waals surface area contributed by atoms with Crippen LogP contribution in [-0.4, -0.2) is 101 Å². The van der Waals surface area contributed by atoms with Crippen LogP contribution in [0.25, 0.3) is 0 Å². The molecule has 3 aliphatic heterocycles. The van der Waals surface area contributed by atoms with E-state index in [1.807, 2.05) is 72.8 Å². The lowest BCUT2D eigenvalue weighted by molar-refractivity contribution is 0.0915. The summed E-state index contributed by atoms with van der Waals surface area (Å²) in [6, 6.07) is 36.7. The van der Waals surface area contributed by atoms with E-state index in [1.165, 1.54) is 29.8 Å². The van der Waals surface area contributed by atoms with Gasteiger partial charge in [-0.1, -0.05) is 71.5 Å². The predicted octanol–water partition coefficient (Wildman–Crippen LogP) is 11.4. The number of methoxy groups -OCH3 is 1. The van der Waals surface area contributed by atoms with E-state index in [-0.39, 0.29) is 36.9 Å². The summed E-state index contributed by atoms with van der Waals surface area (Å²) in [5.74, 6) is 0.549. The maximum Gasteiger partial charge on any atom is 0.414 e. The van der Waals surface area contributed by atoms with Gasteiger partial charge in [0.05, 0.1) is 58.3 Å². The minimum Gasteiger partial charge on any atom is -0.481 e. The zero-order valence-electron chi connectivity index (χ0n) is 38.3. The maximum atomic E-state index is 12.4. The standard InChI is InChI=1S/C24H20Cl2N4O3S.C18H20ClN3O3S.C8H8ClNO/c25-16-3-1-2-15(12-16)22-27-10-11-29(22)17-4-6-18(7-5-17)30-14-19(33-24(30)32)13-28-23(31)20-8-9-21(26)34-20;1-2-9-20-12-3-5-13(6-4-12)22-11-14(25-18(22)24)10-21-17(23)15-7-8-16(19)26-15;1-11-8(10)6-3-2-4-7(9)5-6/h1-9,12,19H,10-11,13-14H2,(H,28,31);3-8,14,20H,2,9-11H2,1H3,(H,21,23);2-5,10H,1H3/t19-;14-;/m00./s1. The first kappa shape index (κ1) is 52.5.